The maximum Gasteiger partial charge on any atom is 0.326 e. The highest BCUT2D eigenvalue weighted by atomic mass is 16.4. The minimum atomic E-state index is -1.55. The van der Waals surface area contributed by atoms with E-state index >= 15 is 0 Å². The van der Waals surface area contributed by atoms with Crippen molar-refractivity contribution in [2.45, 2.75) is 133 Å². The molecule has 4 rings (SSSR count). The largest absolute Gasteiger partial charge is 0.480 e. The lowest BCUT2D eigenvalue weighted by Gasteiger charge is -2.31. The van der Waals surface area contributed by atoms with Crippen molar-refractivity contribution in [1.29, 1.82) is 0 Å². The van der Waals surface area contributed by atoms with E-state index < -0.39 is 133 Å². The quantitative estimate of drug-likeness (QED) is 0.0522. The van der Waals surface area contributed by atoms with Gasteiger partial charge in [-0.3, -0.25) is 47.9 Å². The standard InChI is InChI=1S/C40H61N13O12/c1-20(2)13-25(38(62)53-12-6-9-29(53)40(64)65)48-32(56)18-45-35(59)27-7-4-11-52(27)39(63)26(16-31(43)55)50-36(60)28-8-5-10-51(28)37(61)21(3)47-34(58)24(15-30(42)54)49-33(57)23(41)14-22-17-44-19-46-22/h17,19-21,23-29H,4-16,18,41H2,1-3H3,(H2,42,54)(H2,43,55)(H,44,46)(H,45,59)(H,47,58)(H,48,56)(H,49,57)(H,50,60)(H,64,65)/t21-,23-,24-,25-,26-,27-,28-,29-/m0/s1. The molecule has 0 unspecified atom stereocenters. The van der Waals surface area contributed by atoms with Crippen LogP contribution in [-0.2, 0) is 59.2 Å². The second-order valence-electron chi connectivity index (χ2n) is 17.0. The summed E-state index contributed by atoms with van der Waals surface area (Å²) in [6, 6.07) is -9.78. The number of aromatic nitrogens is 2. The van der Waals surface area contributed by atoms with E-state index in [0.29, 0.717) is 25.0 Å². The van der Waals surface area contributed by atoms with Gasteiger partial charge in [-0.1, -0.05) is 13.8 Å². The van der Waals surface area contributed by atoms with Crippen LogP contribution in [0.5, 0.6) is 0 Å². The van der Waals surface area contributed by atoms with Crippen LogP contribution in [0, 0.1) is 5.92 Å². The molecule has 0 saturated carbocycles. The summed E-state index contributed by atoms with van der Waals surface area (Å²) in [6.07, 6.45) is 3.64. The molecule has 25 nitrogen and oxygen atoms in total. The molecule has 13 N–H and O–H groups in total. The summed E-state index contributed by atoms with van der Waals surface area (Å²) in [5.41, 5.74) is 17.3. The number of rotatable bonds is 22. The van der Waals surface area contributed by atoms with E-state index in [1.807, 2.05) is 13.8 Å². The summed E-state index contributed by atoms with van der Waals surface area (Å²) in [5, 5.41) is 22.0. The highest BCUT2D eigenvalue weighted by Gasteiger charge is 2.43. The van der Waals surface area contributed by atoms with E-state index in [-0.39, 0.29) is 57.7 Å². The van der Waals surface area contributed by atoms with Crippen LogP contribution in [0.3, 0.4) is 0 Å². The van der Waals surface area contributed by atoms with Gasteiger partial charge >= 0.3 is 5.97 Å². The smallest absolute Gasteiger partial charge is 0.326 e. The van der Waals surface area contributed by atoms with E-state index in [4.69, 9.17) is 17.2 Å². The van der Waals surface area contributed by atoms with Gasteiger partial charge < -0.3 is 68.6 Å². The van der Waals surface area contributed by atoms with Gasteiger partial charge in [-0.05, 0) is 57.8 Å². The first-order valence-corrected chi connectivity index (χ1v) is 21.6. The van der Waals surface area contributed by atoms with Gasteiger partial charge in [0, 0.05) is 37.9 Å². The molecule has 1 aromatic rings. The highest BCUT2D eigenvalue weighted by molar-refractivity contribution is 5.99. The zero-order valence-electron chi connectivity index (χ0n) is 36.7. The fourth-order valence-corrected chi connectivity index (χ4v) is 8.23. The number of nitrogens with zero attached hydrogens (tertiary/aromatic N) is 4. The molecule has 0 bridgehead atoms. The minimum Gasteiger partial charge on any atom is -0.480 e. The van der Waals surface area contributed by atoms with Crippen LogP contribution in [0.4, 0.5) is 0 Å². The van der Waals surface area contributed by atoms with Crippen LogP contribution >= 0.6 is 0 Å². The van der Waals surface area contributed by atoms with Crippen molar-refractivity contribution in [2.24, 2.45) is 23.1 Å². The normalized spacial score (nSPS) is 20.5. The number of aromatic amines is 1. The molecule has 0 spiro atoms. The minimum absolute atomic E-state index is 0.0360. The Morgan fingerprint density at radius 1 is 0.708 bits per heavy atom. The molecule has 3 fully saturated rings. The molecule has 0 aromatic carbocycles. The first-order chi connectivity index (χ1) is 30.7. The average molecular weight is 916 g/mol. The lowest BCUT2D eigenvalue weighted by atomic mass is 10.0. The van der Waals surface area contributed by atoms with Crippen LogP contribution < -0.4 is 43.8 Å². The molecule has 1 aromatic heterocycles. The molecular formula is C40H61N13O12. The van der Waals surface area contributed by atoms with Crippen molar-refractivity contribution < 1.29 is 57.8 Å². The third-order valence-electron chi connectivity index (χ3n) is 11.4. The Labute approximate surface area is 374 Å². The summed E-state index contributed by atoms with van der Waals surface area (Å²) < 4.78 is 0. The number of carbonyl (C=O) groups excluding carboxylic acids is 10. The van der Waals surface area contributed by atoms with Crippen molar-refractivity contribution >= 4 is 65.0 Å². The highest BCUT2D eigenvalue weighted by Crippen LogP contribution is 2.23. The zero-order chi connectivity index (χ0) is 48.1. The number of hydrogen-bond acceptors (Lipinski definition) is 13. The fraction of sp³-hybridized carbons (Fsp3) is 0.650. The number of primary amides is 2. The molecular weight excluding hydrogens is 855 g/mol. The van der Waals surface area contributed by atoms with Crippen LogP contribution in [0.15, 0.2) is 12.5 Å². The fourth-order valence-electron chi connectivity index (χ4n) is 8.23. The number of amides is 10. The first kappa shape index (κ1) is 51.0. The summed E-state index contributed by atoms with van der Waals surface area (Å²) >= 11 is 0. The topological polar surface area (TPSA) is 385 Å². The molecule has 3 aliphatic heterocycles. The summed E-state index contributed by atoms with van der Waals surface area (Å²) in [5.74, 6) is -9.10. The molecule has 4 heterocycles. The van der Waals surface area contributed by atoms with Gasteiger partial charge in [0.1, 0.15) is 42.3 Å². The Bertz CT molecular complexity index is 1960. The molecule has 8 atom stereocenters. The molecule has 358 valence electrons. The molecule has 3 aliphatic rings. The monoisotopic (exact) mass is 915 g/mol. The van der Waals surface area contributed by atoms with Gasteiger partial charge in [0.15, 0.2) is 0 Å². The summed E-state index contributed by atoms with van der Waals surface area (Å²) in [7, 11) is 0. The van der Waals surface area contributed by atoms with E-state index in [1.54, 1.807) is 0 Å². The molecule has 65 heavy (non-hydrogen) atoms. The van der Waals surface area contributed by atoms with Crippen LogP contribution in [0.1, 0.15) is 84.3 Å². The molecule has 0 aliphatic carbocycles. The number of nitrogens with two attached hydrogens (primary N) is 3. The number of imidazole rings is 1. The number of aliphatic carboxylic acids is 1. The molecule has 3 saturated heterocycles. The van der Waals surface area contributed by atoms with Crippen molar-refractivity contribution in [2.75, 3.05) is 26.2 Å². The van der Waals surface area contributed by atoms with Gasteiger partial charge in [-0.15, -0.1) is 0 Å². The van der Waals surface area contributed by atoms with Crippen molar-refractivity contribution in [3.8, 4) is 0 Å². The van der Waals surface area contributed by atoms with Crippen molar-refractivity contribution in [3.63, 3.8) is 0 Å². The number of carboxylic acid groups (broad SMARTS) is 1. The number of carbonyl (C=O) groups is 11. The van der Waals surface area contributed by atoms with E-state index in [9.17, 15) is 57.8 Å². The second kappa shape index (κ2) is 23.3. The number of nitrogens with one attached hydrogen (secondary N) is 6. The third-order valence-corrected chi connectivity index (χ3v) is 11.4. The lowest BCUT2D eigenvalue weighted by Crippen LogP contribution is -2.59. The molecule has 10 amide bonds. The second-order valence-corrected chi connectivity index (χ2v) is 17.0. The lowest BCUT2D eigenvalue weighted by molar-refractivity contribution is -0.149. The van der Waals surface area contributed by atoms with Crippen LogP contribution in [0.2, 0.25) is 0 Å². The number of hydrogen-bond donors (Lipinski definition) is 10. The molecule has 25 heteroatoms. The predicted molar refractivity (Wildman–Crippen MR) is 226 cm³/mol. The van der Waals surface area contributed by atoms with Crippen molar-refractivity contribution in [1.82, 2.24) is 51.3 Å². The van der Waals surface area contributed by atoms with Gasteiger partial charge in [0.2, 0.25) is 59.1 Å². The van der Waals surface area contributed by atoms with Crippen molar-refractivity contribution in [3.05, 3.63) is 18.2 Å². The predicted octanol–water partition coefficient (Wildman–Crippen LogP) is -4.79. The van der Waals surface area contributed by atoms with Gasteiger partial charge in [-0.2, -0.15) is 0 Å². The average Bonchev–Trinajstić information content (AvgIpc) is 4.08. The Hall–Kier alpha value is -6.66. The number of H-pyrrole nitrogens is 1. The SMILES string of the molecule is CC(C)C[C@H](NC(=O)CNC(=O)[C@@H]1CCCN1C(=O)[C@H](CC(N)=O)NC(=O)[C@@H]1CCCN1C(=O)[C@H](C)NC(=O)[C@H](CC(N)=O)NC(=O)[C@@H](N)Cc1cnc[nH]1)C(=O)N1CCC[C@H]1C(=O)O. The van der Waals surface area contributed by atoms with Gasteiger partial charge in [0.25, 0.3) is 0 Å². The summed E-state index contributed by atoms with van der Waals surface area (Å²) in [6.45, 7) is 4.78. The Morgan fingerprint density at radius 3 is 1.80 bits per heavy atom. The maximum absolute atomic E-state index is 13.9. The third kappa shape index (κ3) is 14.2. The van der Waals surface area contributed by atoms with Gasteiger partial charge in [-0.25, -0.2) is 9.78 Å². The van der Waals surface area contributed by atoms with Crippen LogP contribution in [0.25, 0.3) is 0 Å². The first-order valence-electron chi connectivity index (χ1n) is 21.6. The Balaban J connectivity index is 1.36. The van der Waals surface area contributed by atoms with E-state index in [1.165, 1.54) is 29.2 Å². The molecule has 0 radical (unpaired) electrons. The zero-order valence-corrected chi connectivity index (χ0v) is 36.7. The maximum atomic E-state index is 13.9. The number of carboxylic acids is 1. The van der Waals surface area contributed by atoms with E-state index in [0.717, 1.165) is 4.90 Å². The Morgan fingerprint density at radius 2 is 1.25 bits per heavy atom. The van der Waals surface area contributed by atoms with Gasteiger partial charge in [0.05, 0.1) is 31.8 Å². The summed E-state index contributed by atoms with van der Waals surface area (Å²) in [4.78, 5) is 153. The Kier molecular flexibility index (Phi) is 18.3. The number of likely N-dealkylation sites (tertiary alicyclic amines) is 3. The van der Waals surface area contributed by atoms with E-state index in [2.05, 4.69) is 36.6 Å². The van der Waals surface area contributed by atoms with Crippen LogP contribution in [-0.4, -0.2) is 169 Å².